The molecule has 134 valence electrons. The van der Waals surface area contributed by atoms with Gasteiger partial charge in [-0.15, -0.1) is 0 Å². The Morgan fingerprint density at radius 2 is 1.56 bits per heavy atom. The van der Waals surface area contributed by atoms with E-state index in [0.29, 0.717) is 5.92 Å². The zero-order valence-electron chi connectivity index (χ0n) is 15.5. The van der Waals surface area contributed by atoms with Crippen LogP contribution >= 0.6 is 11.9 Å². The first kappa shape index (κ1) is 18.7. The largest absolute Gasteiger partial charge is 0.407 e. The predicted octanol–water partition coefficient (Wildman–Crippen LogP) is 3.82. The molecule has 2 aromatic rings. The molecule has 1 aliphatic rings. The van der Waals surface area contributed by atoms with Gasteiger partial charge in [0, 0.05) is 18.9 Å². The average molecular weight is 372 g/mol. The Balaban J connectivity index is 2.02. The van der Waals surface area contributed by atoms with Gasteiger partial charge in [0.15, 0.2) is 0 Å². The monoisotopic (exact) mass is 371 g/mol. The third-order valence-corrected chi connectivity index (χ3v) is 11.1. The lowest BCUT2D eigenvalue weighted by atomic mass is 10.1. The van der Waals surface area contributed by atoms with Gasteiger partial charge in [0.1, 0.15) is 0 Å². The highest BCUT2D eigenvalue weighted by Gasteiger charge is 2.50. The molecule has 4 heteroatoms. The normalized spacial score (nSPS) is 18.9. The maximum atomic E-state index is 7.00. The standard InChI is InChI=1S/C21H29NOSSi/c1-21(2,3)25(19-10-6-4-7-11-19,20-12-8-5-9-13-20)23-16-18-14-15-22-24-17-18/h4-13,18,22H,14-17H2,1-3H3. The second-order valence-electron chi connectivity index (χ2n) is 7.83. The van der Waals surface area contributed by atoms with E-state index < -0.39 is 8.32 Å². The molecule has 1 fully saturated rings. The average Bonchev–Trinajstić information content (AvgIpc) is 2.64. The summed E-state index contributed by atoms with van der Waals surface area (Å²) in [5, 5.41) is 2.81. The predicted molar refractivity (Wildman–Crippen MR) is 112 cm³/mol. The summed E-state index contributed by atoms with van der Waals surface area (Å²) in [5.74, 6) is 1.77. The number of nitrogens with one attached hydrogen (secondary N) is 1. The Labute approximate surface area is 157 Å². The molecule has 1 atom stereocenters. The van der Waals surface area contributed by atoms with Gasteiger partial charge in [-0.3, -0.25) is 4.72 Å². The van der Waals surface area contributed by atoms with Crippen molar-refractivity contribution < 1.29 is 4.43 Å². The molecule has 0 amide bonds. The molecule has 1 saturated heterocycles. The van der Waals surface area contributed by atoms with Gasteiger partial charge in [-0.2, -0.15) is 0 Å². The lowest BCUT2D eigenvalue weighted by Crippen LogP contribution is -2.67. The first-order chi connectivity index (χ1) is 12.0. The summed E-state index contributed by atoms with van der Waals surface area (Å²) in [6.45, 7) is 8.96. The molecule has 1 unspecified atom stereocenters. The van der Waals surface area contributed by atoms with Gasteiger partial charge in [-0.05, 0) is 27.8 Å². The fraction of sp³-hybridized carbons (Fsp3) is 0.429. The number of rotatable bonds is 5. The summed E-state index contributed by atoms with van der Waals surface area (Å²) in [6, 6.07) is 21.8. The van der Waals surface area contributed by atoms with Crippen LogP contribution < -0.4 is 15.1 Å². The summed E-state index contributed by atoms with van der Waals surface area (Å²) < 4.78 is 10.4. The Morgan fingerprint density at radius 1 is 1.00 bits per heavy atom. The third kappa shape index (κ3) is 4.03. The van der Waals surface area contributed by atoms with Crippen LogP contribution in [0.1, 0.15) is 27.2 Å². The summed E-state index contributed by atoms with van der Waals surface area (Å²) >= 11 is 1.84. The molecule has 3 rings (SSSR count). The topological polar surface area (TPSA) is 21.3 Å². The van der Waals surface area contributed by atoms with Crippen molar-refractivity contribution in [3.05, 3.63) is 60.7 Å². The van der Waals surface area contributed by atoms with Gasteiger partial charge < -0.3 is 4.43 Å². The van der Waals surface area contributed by atoms with E-state index >= 15 is 0 Å². The molecular formula is C21H29NOSSi. The zero-order chi connectivity index (χ0) is 17.8. The van der Waals surface area contributed by atoms with E-state index in [-0.39, 0.29) is 5.04 Å². The second-order valence-corrected chi connectivity index (χ2v) is 13.1. The first-order valence-corrected chi connectivity index (χ1v) is 12.0. The van der Waals surface area contributed by atoms with Crippen LogP contribution in [0.15, 0.2) is 60.7 Å². The Hall–Kier alpha value is -1.07. The van der Waals surface area contributed by atoms with Crippen molar-refractivity contribution in [2.24, 2.45) is 5.92 Å². The second kappa shape index (κ2) is 8.08. The van der Waals surface area contributed by atoms with Crippen molar-refractivity contribution in [3.63, 3.8) is 0 Å². The molecule has 1 N–H and O–H groups in total. The van der Waals surface area contributed by atoms with E-state index in [4.69, 9.17) is 4.43 Å². The van der Waals surface area contributed by atoms with E-state index in [2.05, 4.69) is 86.2 Å². The number of hydrogen-bond acceptors (Lipinski definition) is 3. The van der Waals surface area contributed by atoms with E-state index in [1.165, 1.54) is 16.8 Å². The molecule has 2 aromatic carbocycles. The minimum atomic E-state index is -2.36. The van der Waals surface area contributed by atoms with Crippen molar-refractivity contribution in [1.82, 2.24) is 4.72 Å². The molecule has 2 nitrogen and oxygen atoms in total. The van der Waals surface area contributed by atoms with Crippen molar-refractivity contribution in [2.45, 2.75) is 32.2 Å². The molecular weight excluding hydrogens is 342 g/mol. The Morgan fingerprint density at radius 3 is 2.00 bits per heavy atom. The Bertz CT molecular complexity index is 611. The van der Waals surface area contributed by atoms with E-state index in [1.807, 2.05) is 11.9 Å². The first-order valence-electron chi connectivity index (χ1n) is 9.14. The third-order valence-electron chi connectivity index (χ3n) is 5.03. The van der Waals surface area contributed by atoms with E-state index in [9.17, 15) is 0 Å². The van der Waals surface area contributed by atoms with Gasteiger partial charge >= 0.3 is 0 Å². The lowest BCUT2D eigenvalue weighted by molar-refractivity contribution is 0.239. The summed E-state index contributed by atoms with van der Waals surface area (Å²) in [5.41, 5.74) is 0. The molecule has 25 heavy (non-hydrogen) atoms. The molecule has 0 aromatic heterocycles. The van der Waals surface area contributed by atoms with Crippen molar-refractivity contribution >= 4 is 30.6 Å². The highest BCUT2D eigenvalue weighted by Crippen LogP contribution is 2.37. The summed E-state index contributed by atoms with van der Waals surface area (Å²) in [7, 11) is -2.36. The van der Waals surface area contributed by atoms with Gasteiger partial charge in [0.25, 0.3) is 8.32 Å². The highest BCUT2D eigenvalue weighted by atomic mass is 32.2. The van der Waals surface area contributed by atoms with Gasteiger partial charge in [0.2, 0.25) is 0 Å². The molecule has 1 aliphatic heterocycles. The fourth-order valence-electron chi connectivity index (χ4n) is 3.73. The lowest BCUT2D eigenvalue weighted by Gasteiger charge is -2.44. The van der Waals surface area contributed by atoms with E-state index in [1.54, 1.807) is 0 Å². The van der Waals surface area contributed by atoms with Crippen molar-refractivity contribution in [3.8, 4) is 0 Å². The summed E-state index contributed by atoms with van der Waals surface area (Å²) in [4.78, 5) is 0. The van der Waals surface area contributed by atoms with Crippen LogP contribution in [0.2, 0.25) is 5.04 Å². The van der Waals surface area contributed by atoms with Crippen LogP contribution in [0, 0.1) is 5.92 Å². The van der Waals surface area contributed by atoms with Gasteiger partial charge in [-0.1, -0.05) is 93.4 Å². The minimum absolute atomic E-state index is 0.0652. The molecule has 0 radical (unpaired) electrons. The van der Waals surface area contributed by atoms with E-state index in [0.717, 1.165) is 18.9 Å². The number of benzene rings is 2. The molecule has 0 saturated carbocycles. The fourth-order valence-corrected chi connectivity index (χ4v) is 9.25. The highest BCUT2D eigenvalue weighted by molar-refractivity contribution is 7.97. The molecule has 0 spiro atoms. The Kier molecular flexibility index (Phi) is 6.05. The minimum Gasteiger partial charge on any atom is -0.407 e. The summed E-state index contributed by atoms with van der Waals surface area (Å²) in [6.07, 6.45) is 1.20. The zero-order valence-corrected chi connectivity index (χ0v) is 17.3. The SMILES string of the molecule is CC(C)(C)[Si](OCC1CCNSC1)(c1ccccc1)c1ccccc1. The maximum Gasteiger partial charge on any atom is 0.261 e. The quantitative estimate of drug-likeness (QED) is 0.638. The van der Waals surface area contributed by atoms with Crippen LogP contribution in [0.4, 0.5) is 0 Å². The van der Waals surface area contributed by atoms with Crippen LogP contribution in [0.25, 0.3) is 0 Å². The van der Waals surface area contributed by atoms with Gasteiger partial charge in [0.05, 0.1) is 0 Å². The number of hydrogen-bond donors (Lipinski definition) is 1. The van der Waals surface area contributed by atoms with Crippen molar-refractivity contribution in [2.75, 3.05) is 18.9 Å². The van der Waals surface area contributed by atoms with Crippen molar-refractivity contribution in [1.29, 1.82) is 0 Å². The smallest absolute Gasteiger partial charge is 0.261 e. The maximum absolute atomic E-state index is 7.00. The molecule has 0 bridgehead atoms. The van der Waals surface area contributed by atoms with Crippen LogP contribution in [-0.4, -0.2) is 27.2 Å². The molecule has 0 aliphatic carbocycles. The van der Waals surface area contributed by atoms with Gasteiger partial charge in [-0.25, -0.2) is 0 Å². The van der Waals surface area contributed by atoms with Crippen LogP contribution in [0.5, 0.6) is 0 Å². The van der Waals surface area contributed by atoms with Crippen LogP contribution in [-0.2, 0) is 4.43 Å². The molecule has 1 heterocycles. The van der Waals surface area contributed by atoms with Crippen LogP contribution in [0.3, 0.4) is 0 Å².